The molecule has 1 fully saturated rings. The third-order valence-electron chi connectivity index (χ3n) is 7.24. The van der Waals surface area contributed by atoms with Gasteiger partial charge in [0.05, 0.1) is 6.04 Å². The van der Waals surface area contributed by atoms with E-state index in [-0.39, 0.29) is 11.7 Å². The third-order valence-corrected chi connectivity index (χ3v) is 7.24. The SMILES string of the molecule is Cc1cc(O)cc(C)c1C[C@H](N)C(=O)N1CCN(CCC(c2ccccc2)c2ccccc2)CC1. The molecular weight excluding hydrogens is 434 g/mol. The maximum Gasteiger partial charge on any atom is 0.239 e. The monoisotopic (exact) mass is 471 g/mol. The average Bonchev–Trinajstić information content (AvgIpc) is 2.87. The van der Waals surface area contributed by atoms with Crippen molar-refractivity contribution < 1.29 is 9.90 Å². The van der Waals surface area contributed by atoms with Crippen LogP contribution in [-0.2, 0) is 11.2 Å². The Labute approximate surface area is 209 Å². The van der Waals surface area contributed by atoms with Crippen LogP contribution in [0.1, 0.15) is 40.2 Å². The van der Waals surface area contributed by atoms with E-state index in [2.05, 4.69) is 65.6 Å². The number of phenolic OH excluding ortho intramolecular Hbond substituents is 1. The summed E-state index contributed by atoms with van der Waals surface area (Å²) < 4.78 is 0. The third kappa shape index (κ3) is 6.30. The Balaban J connectivity index is 1.31. The van der Waals surface area contributed by atoms with Crippen molar-refractivity contribution in [3.05, 3.63) is 101 Å². The van der Waals surface area contributed by atoms with Crippen LogP contribution in [0.15, 0.2) is 72.8 Å². The fourth-order valence-electron chi connectivity index (χ4n) is 5.23. The van der Waals surface area contributed by atoms with Crippen molar-refractivity contribution in [1.29, 1.82) is 0 Å². The highest BCUT2D eigenvalue weighted by Crippen LogP contribution is 2.28. The van der Waals surface area contributed by atoms with Crippen molar-refractivity contribution in [3.63, 3.8) is 0 Å². The minimum Gasteiger partial charge on any atom is -0.508 e. The number of amides is 1. The van der Waals surface area contributed by atoms with Gasteiger partial charge in [-0.2, -0.15) is 0 Å². The first kappa shape index (κ1) is 25.0. The first-order valence-corrected chi connectivity index (χ1v) is 12.6. The average molecular weight is 472 g/mol. The summed E-state index contributed by atoms with van der Waals surface area (Å²) in [7, 11) is 0. The number of piperazine rings is 1. The summed E-state index contributed by atoms with van der Waals surface area (Å²) in [6, 6.07) is 24.3. The Morgan fingerprint density at radius 3 is 1.91 bits per heavy atom. The van der Waals surface area contributed by atoms with Crippen LogP contribution in [0.2, 0.25) is 0 Å². The van der Waals surface area contributed by atoms with E-state index in [0.717, 1.165) is 42.7 Å². The molecule has 35 heavy (non-hydrogen) atoms. The summed E-state index contributed by atoms with van der Waals surface area (Å²) in [4.78, 5) is 17.4. The number of rotatable bonds is 8. The maximum absolute atomic E-state index is 13.1. The van der Waals surface area contributed by atoms with E-state index < -0.39 is 6.04 Å². The molecule has 3 N–H and O–H groups in total. The number of aromatic hydroxyl groups is 1. The molecule has 0 spiro atoms. The zero-order valence-electron chi connectivity index (χ0n) is 20.9. The molecule has 1 amide bonds. The number of benzene rings is 3. The van der Waals surface area contributed by atoms with E-state index >= 15 is 0 Å². The van der Waals surface area contributed by atoms with Gasteiger partial charge >= 0.3 is 0 Å². The van der Waals surface area contributed by atoms with E-state index in [1.165, 1.54) is 11.1 Å². The van der Waals surface area contributed by atoms with Gasteiger partial charge in [0.2, 0.25) is 5.91 Å². The number of hydrogen-bond acceptors (Lipinski definition) is 4. The molecule has 0 saturated carbocycles. The highest BCUT2D eigenvalue weighted by Gasteiger charge is 2.26. The largest absolute Gasteiger partial charge is 0.508 e. The molecule has 5 nitrogen and oxygen atoms in total. The Morgan fingerprint density at radius 2 is 1.40 bits per heavy atom. The number of carbonyl (C=O) groups is 1. The van der Waals surface area contributed by atoms with Gasteiger partial charge in [0, 0.05) is 32.1 Å². The molecule has 3 aromatic rings. The summed E-state index contributed by atoms with van der Waals surface area (Å²) in [6.45, 7) is 8.06. The second-order valence-corrected chi connectivity index (χ2v) is 9.70. The summed E-state index contributed by atoms with van der Waals surface area (Å²) >= 11 is 0. The summed E-state index contributed by atoms with van der Waals surface area (Å²) in [5.74, 6) is 0.631. The minimum atomic E-state index is -0.566. The summed E-state index contributed by atoms with van der Waals surface area (Å²) in [6.07, 6.45) is 1.54. The van der Waals surface area contributed by atoms with Crippen molar-refractivity contribution >= 4 is 5.91 Å². The molecule has 0 radical (unpaired) electrons. The van der Waals surface area contributed by atoms with Gasteiger partial charge in [0.1, 0.15) is 5.75 Å². The lowest BCUT2D eigenvalue weighted by Gasteiger charge is -2.36. The molecule has 1 aliphatic rings. The molecule has 1 saturated heterocycles. The second-order valence-electron chi connectivity index (χ2n) is 9.70. The predicted octanol–water partition coefficient (Wildman–Crippen LogP) is 4.25. The quantitative estimate of drug-likeness (QED) is 0.515. The lowest BCUT2D eigenvalue weighted by molar-refractivity contribution is -0.134. The minimum absolute atomic E-state index is 0.0166. The number of nitrogens with zero attached hydrogens (tertiary/aromatic N) is 2. The molecule has 3 aromatic carbocycles. The van der Waals surface area contributed by atoms with Crippen LogP contribution in [0.25, 0.3) is 0 Å². The molecule has 4 rings (SSSR count). The first-order valence-electron chi connectivity index (χ1n) is 12.6. The van der Waals surface area contributed by atoms with Crippen molar-refractivity contribution in [2.75, 3.05) is 32.7 Å². The van der Waals surface area contributed by atoms with Crippen LogP contribution in [0.5, 0.6) is 5.75 Å². The molecule has 5 heteroatoms. The Hall–Kier alpha value is -3.15. The number of aryl methyl sites for hydroxylation is 2. The molecule has 1 atom stereocenters. The normalized spacial score (nSPS) is 15.4. The Morgan fingerprint density at radius 1 is 0.886 bits per heavy atom. The highest BCUT2D eigenvalue weighted by atomic mass is 16.3. The molecule has 1 aliphatic heterocycles. The lowest BCUT2D eigenvalue weighted by atomic mass is 9.88. The van der Waals surface area contributed by atoms with Crippen molar-refractivity contribution in [1.82, 2.24) is 9.80 Å². The molecule has 0 unspecified atom stereocenters. The van der Waals surface area contributed by atoms with E-state index in [1.54, 1.807) is 12.1 Å². The molecular formula is C30H37N3O2. The molecule has 184 valence electrons. The van der Waals surface area contributed by atoms with Gasteiger partial charge in [-0.05, 0) is 73.2 Å². The zero-order chi connectivity index (χ0) is 24.8. The van der Waals surface area contributed by atoms with Crippen molar-refractivity contribution in [2.45, 2.75) is 38.6 Å². The number of nitrogens with two attached hydrogens (primary N) is 1. The van der Waals surface area contributed by atoms with Crippen molar-refractivity contribution in [2.24, 2.45) is 5.73 Å². The van der Waals surface area contributed by atoms with Gasteiger partial charge in [0.25, 0.3) is 0 Å². The van der Waals surface area contributed by atoms with Gasteiger partial charge in [-0.1, -0.05) is 60.7 Å². The van der Waals surface area contributed by atoms with E-state index in [9.17, 15) is 9.90 Å². The fraction of sp³-hybridized carbons (Fsp3) is 0.367. The maximum atomic E-state index is 13.1. The number of hydrogen-bond donors (Lipinski definition) is 2. The summed E-state index contributed by atoms with van der Waals surface area (Å²) in [5, 5.41) is 9.79. The fourth-order valence-corrected chi connectivity index (χ4v) is 5.23. The molecule has 0 aromatic heterocycles. The van der Waals surface area contributed by atoms with Gasteiger partial charge < -0.3 is 15.7 Å². The second kappa shape index (κ2) is 11.5. The van der Waals surface area contributed by atoms with Crippen LogP contribution in [0.3, 0.4) is 0 Å². The first-order chi connectivity index (χ1) is 16.9. The van der Waals surface area contributed by atoms with Crippen LogP contribution in [0, 0.1) is 13.8 Å². The molecule has 1 heterocycles. The topological polar surface area (TPSA) is 69.8 Å². The van der Waals surface area contributed by atoms with Crippen molar-refractivity contribution in [3.8, 4) is 5.75 Å². The molecule has 0 bridgehead atoms. The van der Waals surface area contributed by atoms with Gasteiger partial charge in [-0.25, -0.2) is 0 Å². The summed E-state index contributed by atoms with van der Waals surface area (Å²) in [5.41, 5.74) is 12.0. The standard InChI is InChI=1S/C30H37N3O2/c1-22-19-26(34)20-23(2)28(22)21-29(31)30(35)33-17-15-32(16-18-33)14-13-27(24-9-5-3-6-10-24)25-11-7-4-8-12-25/h3-12,19-20,27,29,34H,13-18,21,31H2,1-2H3/t29-/m0/s1. The number of phenols is 1. The van der Waals surface area contributed by atoms with Crippen LogP contribution in [-0.4, -0.2) is 59.6 Å². The Bertz CT molecular complexity index is 1050. The van der Waals surface area contributed by atoms with Crippen LogP contribution in [0.4, 0.5) is 0 Å². The smallest absolute Gasteiger partial charge is 0.239 e. The van der Waals surface area contributed by atoms with Crippen LogP contribution >= 0.6 is 0 Å². The molecule has 0 aliphatic carbocycles. The zero-order valence-corrected chi connectivity index (χ0v) is 20.9. The van der Waals surface area contributed by atoms with Gasteiger partial charge in [-0.3, -0.25) is 9.69 Å². The van der Waals surface area contributed by atoms with Gasteiger partial charge in [-0.15, -0.1) is 0 Å². The van der Waals surface area contributed by atoms with E-state index in [4.69, 9.17) is 5.73 Å². The van der Waals surface area contributed by atoms with Gasteiger partial charge in [0.15, 0.2) is 0 Å². The lowest BCUT2D eigenvalue weighted by Crippen LogP contribution is -2.53. The van der Waals surface area contributed by atoms with E-state index in [1.807, 2.05) is 18.7 Å². The predicted molar refractivity (Wildman–Crippen MR) is 142 cm³/mol. The Kier molecular flexibility index (Phi) is 8.21. The van der Waals surface area contributed by atoms with Crippen LogP contribution < -0.4 is 5.73 Å². The number of carbonyl (C=O) groups excluding carboxylic acids is 1. The van der Waals surface area contributed by atoms with E-state index in [0.29, 0.717) is 25.4 Å². The highest BCUT2D eigenvalue weighted by molar-refractivity contribution is 5.82.